The number of aromatic nitrogens is 2. The summed E-state index contributed by atoms with van der Waals surface area (Å²) < 4.78 is 30.5. The van der Waals surface area contributed by atoms with Crippen molar-refractivity contribution in [3.63, 3.8) is 0 Å². The molecule has 0 unspecified atom stereocenters. The first kappa shape index (κ1) is 10.1. The number of H-pyrrole nitrogens is 1. The van der Waals surface area contributed by atoms with Crippen LogP contribution in [0.15, 0.2) is 23.1 Å². The number of rotatable bonds is 2. The topological polar surface area (TPSA) is 109 Å². The zero-order valence-electron chi connectivity index (χ0n) is 7.64. The summed E-state index contributed by atoms with van der Waals surface area (Å²) in [4.78, 5) is 6.78. The summed E-state index contributed by atoms with van der Waals surface area (Å²) >= 11 is 0. The van der Waals surface area contributed by atoms with Gasteiger partial charge in [-0.05, 0) is 18.2 Å². The quantitative estimate of drug-likeness (QED) is 0.638. The van der Waals surface area contributed by atoms with E-state index in [1.807, 2.05) is 0 Å². The summed E-state index contributed by atoms with van der Waals surface area (Å²) in [5, 5.41) is 0. The van der Waals surface area contributed by atoms with E-state index in [1.165, 1.54) is 18.2 Å². The molecule has 4 N–H and O–H groups in total. The Bertz CT molecular complexity index is 603. The van der Waals surface area contributed by atoms with Crippen molar-refractivity contribution in [2.24, 2.45) is 5.73 Å². The van der Waals surface area contributed by atoms with Crippen LogP contribution in [0.1, 0.15) is 5.82 Å². The van der Waals surface area contributed by atoms with Crippen molar-refractivity contribution in [2.45, 2.75) is 11.4 Å². The molecule has 7 heteroatoms. The second-order valence-corrected chi connectivity index (χ2v) is 4.46. The van der Waals surface area contributed by atoms with E-state index in [0.717, 1.165) is 0 Å². The number of hydrogen-bond donors (Lipinski definition) is 3. The van der Waals surface area contributed by atoms with E-state index < -0.39 is 10.1 Å². The van der Waals surface area contributed by atoms with E-state index in [-0.39, 0.29) is 11.4 Å². The van der Waals surface area contributed by atoms with Gasteiger partial charge in [-0.3, -0.25) is 4.55 Å². The predicted octanol–water partition coefficient (Wildman–Crippen LogP) is 0.268. The van der Waals surface area contributed by atoms with Gasteiger partial charge in [-0.25, -0.2) is 4.98 Å². The van der Waals surface area contributed by atoms with Crippen molar-refractivity contribution < 1.29 is 13.0 Å². The second-order valence-electron chi connectivity index (χ2n) is 3.04. The molecular weight excluding hydrogens is 218 g/mol. The second kappa shape index (κ2) is 3.30. The largest absolute Gasteiger partial charge is 0.341 e. The lowest BCUT2D eigenvalue weighted by molar-refractivity contribution is 0.483. The maximum Gasteiger partial charge on any atom is 0.294 e. The molecule has 1 aromatic carbocycles. The first-order valence-corrected chi connectivity index (χ1v) is 5.61. The van der Waals surface area contributed by atoms with E-state index in [0.29, 0.717) is 16.9 Å². The summed E-state index contributed by atoms with van der Waals surface area (Å²) in [5.74, 6) is 0.567. The van der Waals surface area contributed by atoms with Gasteiger partial charge >= 0.3 is 0 Å². The molecule has 2 aromatic rings. The molecule has 0 aliphatic carbocycles. The number of nitrogens with one attached hydrogen (secondary N) is 1. The van der Waals surface area contributed by atoms with Crippen LogP contribution < -0.4 is 5.73 Å². The van der Waals surface area contributed by atoms with Gasteiger partial charge in [-0.15, -0.1) is 0 Å². The summed E-state index contributed by atoms with van der Waals surface area (Å²) in [6, 6.07) is 4.13. The molecule has 80 valence electrons. The van der Waals surface area contributed by atoms with Gasteiger partial charge in [0, 0.05) is 0 Å². The minimum Gasteiger partial charge on any atom is -0.341 e. The van der Waals surface area contributed by atoms with Crippen LogP contribution in [0.4, 0.5) is 0 Å². The van der Waals surface area contributed by atoms with Crippen molar-refractivity contribution in [1.82, 2.24) is 9.97 Å². The third-order valence-electron chi connectivity index (χ3n) is 1.99. The number of nitrogens with zero attached hydrogens (tertiary/aromatic N) is 1. The van der Waals surface area contributed by atoms with Crippen molar-refractivity contribution in [3.8, 4) is 0 Å². The smallest absolute Gasteiger partial charge is 0.294 e. The summed E-state index contributed by atoms with van der Waals surface area (Å²) in [5.41, 5.74) is 6.52. The first-order valence-electron chi connectivity index (χ1n) is 4.17. The lowest BCUT2D eigenvalue weighted by Gasteiger charge is -1.94. The fraction of sp³-hybridized carbons (Fsp3) is 0.125. The van der Waals surface area contributed by atoms with Crippen molar-refractivity contribution in [3.05, 3.63) is 24.0 Å². The monoisotopic (exact) mass is 227 g/mol. The van der Waals surface area contributed by atoms with Crippen LogP contribution in [-0.4, -0.2) is 22.9 Å². The zero-order chi connectivity index (χ0) is 11.1. The number of nitrogens with two attached hydrogens (primary N) is 1. The Hall–Kier alpha value is -1.44. The number of benzene rings is 1. The molecule has 15 heavy (non-hydrogen) atoms. The Morgan fingerprint density at radius 3 is 2.80 bits per heavy atom. The van der Waals surface area contributed by atoms with Crippen molar-refractivity contribution in [1.29, 1.82) is 0 Å². The molecule has 1 heterocycles. The molecule has 1 aromatic heterocycles. The minimum atomic E-state index is -4.18. The van der Waals surface area contributed by atoms with Crippen molar-refractivity contribution in [2.75, 3.05) is 0 Å². The van der Waals surface area contributed by atoms with Crippen LogP contribution in [0, 0.1) is 0 Å². The van der Waals surface area contributed by atoms with E-state index >= 15 is 0 Å². The molecule has 0 aliphatic rings. The molecule has 0 bridgehead atoms. The van der Waals surface area contributed by atoms with Crippen LogP contribution in [0.5, 0.6) is 0 Å². The first-order chi connectivity index (χ1) is 7.00. The molecule has 0 radical (unpaired) electrons. The number of hydrogen-bond acceptors (Lipinski definition) is 4. The van der Waals surface area contributed by atoms with Gasteiger partial charge in [0.25, 0.3) is 10.1 Å². The molecular formula is C8H9N3O3S. The SMILES string of the molecule is NCc1nc2cc(S(=O)(=O)O)ccc2[nH]1. The third-order valence-corrected chi connectivity index (χ3v) is 2.84. The van der Waals surface area contributed by atoms with Crippen LogP contribution in [-0.2, 0) is 16.7 Å². The molecule has 6 nitrogen and oxygen atoms in total. The Morgan fingerprint density at radius 1 is 1.47 bits per heavy atom. The normalized spacial score (nSPS) is 12.1. The van der Waals surface area contributed by atoms with Gasteiger partial charge in [0.15, 0.2) is 0 Å². The summed E-state index contributed by atoms with van der Waals surface area (Å²) in [7, 11) is -4.18. The fourth-order valence-corrected chi connectivity index (χ4v) is 1.80. The maximum atomic E-state index is 10.8. The Morgan fingerprint density at radius 2 is 2.20 bits per heavy atom. The average molecular weight is 227 g/mol. The van der Waals surface area contributed by atoms with E-state index in [9.17, 15) is 8.42 Å². The minimum absolute atomic E-state index is 0.176. The van der Waals surface area contributed by atoms with Crippen LogP contribution in [0.2, 0.25) is 0 Å². The molecule has 0 aliphatic heterocycles. The molecule has 2 rings (SSSR count). The molecule has 0 amide bonds. The molecule has 0 saturated carbocycles. The maximum absolute atomic E-state index is 10.8. The van der Waals surface area contributed by atoms with Gasteiger partial charge in [-0.2, -0.15) is 8.42 Å². The highest BCUT2D eigenvalue weighted by molar-refractivity contribution is 7.85. The van der Waals surface area contributed by atoms with Crippen LogP contribution in [0.25, 0.3) is 11.0 Å². The number of fused-ring (bicyclic) bond motifs is 1. The Kier molecular flexibility index (Phi) is 2.22. The molecule has 0 fully saturated rings. The number of imidazole rings is 1. The van der Waals surface area contributed by atoms with Gasteiger partial charge < -0.3 is 10.7 Å². The molecule has 0 atom stereocenters. The predicted molar refractivity (Wildman–Crippen MR) is 53.8 cm³/mol. The molecule has 0 saturated heterocycles. The zero-order valence-corrected chi connectivity index (χ0v) is 8.45. The van der Waals surface area contributed by atoms with Crippen molar-refractivity contribution >= 4 is 21.2 Å². The summed E-state index contributed by atoms with van der Waals surface area (Å²) in [6.07, 6.45) is 0. The molecule has 0 spiro atoms. The Balaban J connectivity index is 2.66. The lowest BCUT2D eigenvalue weighted by atomic mass is 10.3. The average Bonchev–Trinajstić information content (AvgIpc) is 2.57. The Labute approximate surface area is 85.9 Å². The highest BCUT2D eigenvalue weighted by atomic mass is 32.2. The summed E-state index contributed by atoms with van der Waals surface area (Å²) in [6.45, 7) is 0.246. The highest BCUT2D eigenvalue weighted by Gasteiger charge is 2.11. The third kappa shape index (κ3) is 1.84. The van der Waals surface area contributed by atoms with Crippen LogP contribution >= 0.6 is 0 Å². The van der Waals surface area contributed by atoms with Gasteiger partial charge in [0.1, 0.15) is 5.82 Å². The van der Waals surface area contributed by atoms with E-state index in [2.05, 4.69) is 9.97 Å². The highest BCUT2D eigenvalue weighted by Crippen LogP contribution is 2.16. The fourth-order valence-electron chi connectivity index (χ4n) is 1.30. The van der Waals surface area contributed by atoms with Crippen LogP contribution in [0.3, 0.4) is 0 Å². The standard InChI is InChI=1S/C8H9N3O3S/c9-4-8-10-6-2-1-5(15(12,13)14)3-7(6)11-8/h1-3H,4,9H2,(H,10,11)(H,12,13,14). The van der Waals surface area contributed by atoms with Gasteiger partial charge in [0.2, 0.25) is 0 Å². The van der Waals surface area contributed by atoms with E-state index in [1.54, 1.807) is 0 Å². The van der Waals surface area contributed by atoms with Gasteiger partial charge in [0.05, 0.1) is 22.5 Å². The number of aromatic amines is 1. The van der Waals surface area contributed by atoms with Gasteiger partial charge in [-0.1, -0.05) is 0 Å². The lowest BCUT2D eigenvalue weighted by Crippen LogP contribution is -1.97. The van der Waals surface area contributed by atoms with E-state index in [4.69, 9.17) is 10.3 Å².